The highest BCUT2D eigenvalue weighted by Gasteiger charge is 2.35. The molecule has 2 saturated heterocycles. The van der Waals surface area contributed by atoms with Crippen LogP contribution in [0.2, 0.25) is 0 Å². The van der Waals surface area contributed by atoms with Gasteiger partial charge in [-0.05, 0) is 30.0 Å². The predicted molar refractivity (Wildman–Crippen MR) is 123 cm³/mol. The van der Waals surface area contributed by atoms with Gasteiger partial charge >= 0.3 is 0 Å². The molecule has 0 amide bonds. The van der Waals surface area contributed by atoms with E-state index in [4.69, 9.17) is 4.74 Å². The summed E-state index contributed by atoms with van der Waals surface area (Å²) in [5, 5.41) is 0. The fraction of sp³-hybridized carbons (Fsp3) is 0.500. The standard InChI is InChI=1S/C24H28N4O2S/c29-24-19(14-26-6-8-30-9-7-26)4-5-22-20-10-17(12-28(22)24)11-27(15-20)13-18-2-1-3-21-23(18)31-16-25-21/h1-5,16-17,20H,6-15H2/t17-,20+/m0/s1. The van der Waals surface area contributed by atoms with Gasteiger partial charge in [0.1, 0.15) is 0 Å². The first-order chi connectivity index (χ1) is 15.2. The zero-order chi connectivity index (χ0) is 20.8. The number of rotatable bonds is 4. The summed E-state index contributed by atoms with van der Waals surface area (Å²) in [6.45, 7) is 7.99. The average Bonchev–Trinajstić information content (AvgIpc) is 3.27. The lowest BCUT2D eigenvalue weighted by Gasteiger charge is -2.43. The third kappa shape index (κ3) is 3.74. The van der Waals surface area contributed by atoms with E-state index < -0.39 is 0 Å². The molecule has 2 fully saturated rings. The SMILES string of the molecule is O=c1c(CN2CCOCC2)ccc2n1C[C@H]1C[C@@H]2CN(Cc2cccc3ncsc23)C1. The molecule has 0 spiro atoms. The monoisotopic (exact) mass is 436 g/mol. The van der Waals surface area contributed by atoms with Gasteiger partial charge in [0.05, 0.1) is 28.9 Å². The highest BCUT2D eigenvalue weighted by Crippen LogP contribution is 2.36. The number of hydrogen-bond donors (Lipinski definition) is 0. The Morgan fingerprint density at radius 1 is 1.00 bits per heavy atom. The van der Waals surface area contributed by atoms with Crippen LogP contribution < -0.4 is 5.56 Å². The summed E-state index contributed by atoms with van der Waals surface area (Å²) >= 11 is 1.74. The van der Waals surface area contributed by atoms with Gasteiger partial charge in [0.2, 0.25) is 0 Å². The van der Waals surface area contributed by atoms with Crippen molar-refractivity contribution in [1.82, 2.24) is 19.4 Å². The van der Waals surface area contributed by atoms with Crippen molar-refractivity contribution in [3.05, 3.63) is 63.0 Å². The number of benzene rings is 1. The van der Waals surface area contributed by atoms with Crippen molar-refractivity contribution >= 4 is 21.6 Å². The molecule has 0 saturated carbocycles. The van der Waals surface area contributed by atoms with Gasteiger partial charge in [-0.1, -0.05) is 18.2 Å². The first-order valence-electron chi connectivity index (χ1n) is 11.3. The normalized spacial score (nSPS) is 24.4. The smallest absolute Gasteiger partial charge is 0.255 e. The van der Waals surface area contributed by atoms with Crippen molar-refractivity contribution in [3.63, 3.8) is 0 Å². The quantitative estimate of drug-likeness (QED) is 0.630. The average molecular weight is 437 g/mol. The Balaban J connectivity index is 1.22. The van der Waals surface area contributed by atoms with Crippen LogP contribution in [0.4, 0.5) is 0 Å². The van der Waals surface area contributed by atoms with Crippen LogP contribution in [0, 0.1) is 5.92 Å². The van der Waals surface area contributed by atoms with Crippen molar-refractivity contribution in [1.29, 1.82) is 0 Å². The number of piperidine rings is 1. The van der Waals surface area contributed by atoms with Gasteiger partial charge < -0.3 is 9.30 Å². The van der Waals surface area contributed by atoms with Gasteiger partial charge in [0.25, 0.3) is 5.56 Å². The number of fused-ring (bicyclic) bond motifs is 5. The zero-order valence-corrected chi connectivity index (χ0v) is 18.5. The van der Waals surface area contributed by atoms with Crippen LogP contribution >= 0.6 is 11.3 Å². The molecule has 6 rings (SSSR count). The topological polar surface area (TPSA) is 50.6 Å². The Morgan fingerprint density at radius 2 is 1.87 bits per heavy atom. The van der Waals surface area contributed by atoms with Crippen LogP contribution in [-0.2, 0) is 24.4 Å². The van der Waals surface area contributed by atoms with Gasteiger partial charge in [-0.15, -0.1) is 11.3 Å². The van der Waals surface area contributed by atoms with Crippen LogP contribution in [0.15, 0.2) is 40.6 Å². The summed E-state index contributed by atoms with van der Waals surface area (Å²) in [4.78, 5) is 22.7. The molecule has 3 aliphatic heterocycles. The maximum atomic E-state index is 13.3. The number of likely N-dealkylation sites (tertiary alicyclic amines) is 1. The molecule has 3 aliphatic rings. The first kappa shape index (κ1) is 19.6. The summed E-state index contributed by atoms with van der Waals surface area (Å²) in [6, 6.07) is 10.8. The number of morpholine rings is 1. The number of nitrogens with zero attached hydrogens (tertiary/aromatic N) is 4. The third-order valence-corrected chi connectivity index (χ3v) is 8.01. The van der Waals surface area contributed by atoms with Crippen molar-refractivity contribution in [2.24, 2.45) is 5.92 Å². The molecule has 162 valence electrons. The Bertz CT molecular complexity index is 1150. The summed E-state index contributed by atoms with van der Waals surface area (Å²) in [7, 11) is 0. The summed E-state index contributed by atoms with van der Waals surface area (Å²) in [5.74, 6) is 0.988. The molecule has 1 aromatic carbocycles. The second-order valence-corrected chi connectivity index (χ2v) is 10.1. The van der Waals surface area contributed by atoms with E-state index in [9.17, 15) is 4.79 Å². The Hall–Kier alpha value is -2.06. The molecule has 0 unspecified atom stereocenters. The number of hydrogen-bond acceptors (Lipinski definition) is 6. The van der Waals surface area contributed by atoms with E-state index in [1.54, 1.807) is 11.3 Å². The van der Waals surface area contributed by atoms with Gasteiger partial charge in [-0.3, -0.25) is 14.6 Å². The lowest BCUT2D eigenvalue weighted by molar-refractivity contribution is 0.0338. The molecule has 0 radical (unpaired) electrons. The lowest BCUT2D eigenvalue weighted by atomic mass is 9.82. The Kier molecular flexibility index (Phi) is 5.14. The fourth-order valence-electron chi connectivity index (χ4n) is 5.65. The molecule has 0 aliphatic carbocycles. The van der Waals surface area contributed by atoms with E-state index in [1.807, 2.05) is 5.51 Å². The minimum absolute atomic E-state index is 0.224. The third-order valence-electron chi connectivity index (χ3n) is 7.09. The van der Waals surface area contributed by atoms with Gasteiger partial charge in [0, 0.05) is 63.0 Å². The zero-order valence-electron chi connectivity index (χ0n) is 17.7. The van der Waals surface area contributed by atoms with E-state index in [1.165, 1.54) is 22.4 Å². The van der Waals surface area contributed by atoms with Crippen molar-refractivity contribution < 1.29 is 4.74 Å². The van der Waals surface area contributed by atoms with Crippen molar-refractivity contribution in [2.75, 3.05) is 39.4 Å². The maximum absolute atomic E-state index is 13.3. The molecule has 2 atom stereocenters. The second-order valence-electron chi connectivity index (χ2n) is 9.20. The maximum Gasteiger partial charge on any atom is 0.255 e. The fourth-order valence-corrected chi connectivity index (χ4v) is 6.45. The Labute approximate surface area is 186 Å². The summed E-state index contributed by atoms with van der Waals surface area (Å²) < 4.78 is 8.85. The van der Waals surface area contributed by atoms with Crippen LogP contribution in [0.5, 0.6) is 0 Å². The Morgan fingerprint density at radius 3 is 2.77 bits per heavy atom. The molecule has 2 bridgehead atoms. The number of aromatic nitrogens is 2. The minimum atomic E-state index is 0.224. The molecular weight excluding hydrogens is 408 g/mol. The van der Waals surface area contributed by atoms with Gasteiger partial charge in [0.15, 0.2) is 0 Å². The van der Waals surface area contributed by atoms with E-state index >= 15 is 0 Å². The molecule has 6 nitrogen and oxygen atoms in total. The van der Waals surface area contributed by atoms with Crippen LogP contribution in [0.1, 0.15) is 29.2 Å². The highest BCUT2D eigenvalue weighted by molar-refractivity contribution is 7.16. The van der Waals surface area contributed by atoms with Gasteiger partial charge in [-0.25, -0.2) is 4.98 Å². The van der Waals surface area contributed by atoms with Gasteiger partial charge in [-0.2, -0.15) is 0 Å². The number of ether oxygens (including phenoxy) is 1. The molecule has 2 aromatic heterocycles. The van der Waals surface area contributed by atoms with E-state index in [2.05, 4.69) is 49.7 Å². The van der Waals surface area contributed by atoms with Crippen LogP contribution in [0.25, 0.3) is 10.2 Å². The molecule has 31 heavy (non-hydrogen) atoms. The van der Waals surface area contributed by atoms with Crippen LogP contribution in [0.3, 0.4) is 0 Å². The summed E-state index contributed by atoms with van der Waals surface area (Å²) in [6.07, 6.45) is 1.20. The number of pyridine rings is 1. The van der Waals surface area contributed by atoms with E-state index in [0.717, 1.165) is 70.1 Å². The first-order valence-corrected chi connectivity index (χ1v) is 12.2. The molecule has 7 heteroatoms. The minimum Gasteiger partial charge on any atom is -0.379 e. The predicted octanol–water partition coefficient (Wildman–Crippen LogP) is 2.91. The van der Waals surface area contributed by atoms with E-state index in [-0.39, 0.29) is 5.56 Å². The van der Waals surface area contributed by atoms with Crippen LogP contribution in [-0.4, -0.2) is 58.7 Å². The second kappa shape index (κ2) is 8.13. The largest absolute Gasteiger partial charge is 0.379 e. The lowest BCUT2D eigenvalue weighted by Crippen LogP contribution is -2.47. The van der Waals surface area contributed by atoms with Crippen molar-refractivity contribution in [2.45, 2.75) is 32.0 Å². The molecule has 3 aromatic rings. The molecular formula is C24H28N4O2S. The van der Waals surface area contributed by atoms with Crippen molar-refractivity contribution in [3.8, 4) is 0 Å². The summed E-state index contributed by atoms with van der Waals surface area (Å²) in [5.41, 5.74) is 6.80. The molecule has 5 heterocycles. The highest BCUT2D eigenvalue weighted by atomic mass is 32.1. The molecule has 0 N–H and O–H groups in total. The number of thiazole rings is 1. The van der Waals surface area contributed by atoms with E-state index in [0.29, 0.717) is 11.8 Å².